The molecule has 35 heavy (non-hydrogen) atoms. The molecule has 1 N–H and O–H groups in total. The van der Waals surface area contributed by atoms with Gasteiger partial charge in [-0.2, -0.15) is 0 Å². The Labute approximate surface area is 199 Å². The summed E-state index contributed by atoms with van der Waals surface area (Å²) in [5.74, 6) is -1.18. The van der Waals surface area contributed by atoms with Crippen molar-refractivity contribution in [2.24, 2.45) is 4.99 Å². The summed E-state index contributed by atoms with van der Waals surface area (Å²) in [6, 6.07) is 10.0. The van der Waals surface area contributed by atoms with Crippen LogP contribution in [0.3, 0.4) is 0 Å². The highest BCUT2D eigenvalue weighted by molar-refractivity contribution is 5.95. The maximum atomic E-state index is 14.7. The summed E-state index contributed by atoms with van der Waals surface area (Å²) in [7, 11) is 1.32. The summed E-state index contributed by atoms with van der Waals surface area (Å²) in [5.41, 5.74) is 2.82. The Morgan fingerprint density at radius 1 is 1.23 bits per heavy atom. The van der Waals surface area contributed by atoms with E-state index in [0.29, 0.717) is 17.2 Å². The van der Waals surface area contributed by atoms with Crippen molar-refractivity contribution < 1.29 is 17.9 Å². The maximum Gasteiger partial charge on any atom is 0.294 e. The molecule has 8 nitrogen and oxygen atoms in total. The fourth-order valence-corrected chi connectivity index (χ4v) is 3.35. The van der Waals surface area contributed by atoms with E-state index in [1.165, 1.54) is 19.2 Å². The summed E-state index contributed by atoms with van der Waals surface area (Å²) in [5, 5.41) is 12.3. The van der Waals surface area contributed by atoms with Crippen molar-refractivity contribution >= 4 is 22.7 Å². The van der Waals surface area contributed by atoms with Crippen molar-refractivity contribution in [2.75, 3.05) is 18.9 Å². The summed E-state index contributed by atoms with van der Waals surface area (Å²) in [4.78, 5) is 12.5. The molecule has 2 aromatic heterocycles. The number of nitrogens with zero attached hydrogens (tertiary/aromatic N) is 6. The zero-order valence-corrected chi connectivity index (χ0v) is 19.0. The molecule has 180 valence electrons. The first-order valence-corrected chi connectivity index (χ1v) is 10.7. The summed E-state index contributed by atoms with van der Waals surface area (Å²) in [6.07, 6.45) is 0.587. The van der Waals surface area contributed by atoms with Crippen LogP contribution in [0.2, 0.25) is 0 Å². The summed E-state index contributed by atoms with van der Waals surface area (Å²) in [6.45, 7) is 6.07. The molecule has 0 amide bonds. The number of anilines is 1. The van der Waals surface area contributed by atoms with Gasteiger partial charge in [-0.3, -0.25) is 4.99 Å². The Balaban J connectivity index is 1.50. The van der Waals surface area contributed by atoms with Gasteiger partial charge in [-0.05, 0) is 36.8 Å². The Kier molecular flexibility index (Phi) is 7.04. The molecule has 2 heterocycles. The van der Waals surface area contributed by atoms with Gasteiger partial charge < -0.3 is 10.1 Å². The van der Waals surface area contributed by atoms with Gasteiger partial charge in [-0.1, -0.05) is 23.9 Å². The second-order valence-corrected chi connectivity index (χ2v) is 7.51. The van der Waals surface area contributed by atoms with E-state index in [2.05, 4.69) is 37.2 Å². The Morgan fingerprint density at radius 2 is 2.06 bits per heavy atom. The number of fused-ring (bicyclic) bond motifs is 1. The van der Waals surface area contributed by atoms with Crippen molar-refractivity contribution in [2.45, 2.75) is 19.9 Å². The van der Waals surface area contributed by atoms with E-state index in [-0.39, 0.29) is 18.0 Å². The third-order valence-corrected chi connectivity index (χ3v) is 5.03. The van der Waals surface area contributed by atoms with Gasteiger partial charge in [0.05, 0.1) is 23.8 Å². The lowest BCUT2D eigenvalue weighted by Gasteiger charge is -2.11. The molecule has 0 aliphatic heterocycles. The number of rotatable bonds is 8. The second kappa shape index (κ2) is 10.3. The normalized spacial score (nSPS) is 11.8. The fraction of sp³-hybridized carbons (Fsp3) is 0.208. The highest BCUT2D eigenvalue weighted by Gasteiger charge is 2.17. The minimum atomic E-state index is -2.90. The van der Waals surface area contributed by atoms with Gasteiger partial charge in [0.1, 0.15) is 11.5 Å². The molecule has 2 aromatic carbocycles. The van der Waals surface area contributed by atoms with E-state index < -0.39 is 18.0 Å². The van der Waals surface area contributed by atoms with E-state index in [0.717, 1.165) is 23.0 Å². The van der Waals surface area contributed by atoms with Gasteiger partial charge in [0.25, 0.3) is 6.43 Å². The summed E-state index contributed by atoms with van der Waals surface area (Å²) >= 11 is 0. The number of hydrogen-bond acceptors (Lipinski definition) is 7. The van der Waals surface area contributed by atoms with Gasteiger partial charge in [0.2, 0.25) is 11.8 Å². The van der Waals surface area contributed by atoms with Crippen LogP contribution in [0.4, 0.5) is 19.1 Å². The lowest BCUT2D eigenvalue weighted by molar-refractivity contribution is 0.134. The number of ether oxygens (including phenoxy) is 1. The number of aromatic nitrogens is 5. The van der Waals surface area contributed by atoms with Crippen LogP contribution in [0.1, 0.15) is 18.1 Å². The van der Waals surface area contributed by atoms with Gasteiger partial charge in [0, 0.05) is 30.7 Å². The number of halogens is 3. The SMILES string of the molecule is C=C(OC(=NC)c1ccc(Cn2cc(-c3ccc4nc(NCC)ncc4c3)nn2)cc1F)C(F)F. The van der Waals surface area contributed by atoms with E-state index in [1.54, 1.807) is 23.1 Å². The first-order valence-electron chi connectivity index (χ1n) is 10.7. The van der Waals surface area contributed by atoms with Crippen molar-refractivity contribution in [3.05, 3.63) is 78.1 Å². The highest BCUT2D eigenvalue weighted by Crippen LogP contribution is 2.23. The summed E-state index contributed by atoms with van der Waals surface area (Å²) < 4.78 is 46.6. The molecule has 0 saturated carbocycles. The van der Waals surface area contributed by atoms with E-state index in [9.17, 15) is 13.2 Å². The number of nitrogens with one attached hydrogen (secondary N) is 1. The molecule has 0 atom stereocenters. The van der Waals surface area contributed by atoms with Crippen molar-refractivity contribution in [3.63, 3.8) is 0 Å². The third kappa shape index (κ3) is 5.45. The van der Waals surface area contributed by atoms with Crippen LogP contribution in [-0.2, 0) is 11.3 Å². The van der Waals surface area contributed by atoms with Crippen molar-refractivity contribution in [1.29, 1.82) is 0 Å². The minimum absolute atomic E-state index is 0.0481. The van der Waals surface area contributed by atoms with Crippen LogP contribution in [0.15, 0.2) is 66.1 Å². The molecule has 4 rings (SSSR count). The number of benzene rings is 2. The molecular formula is C24H22F3N7O. The van der Waals surface area contributed by atoms with Gasteiger partial charge in [-0.15, -0.1) is 5.10 Å². The Morgan fingerprint density at radius 3 is 2.77 bits per heavy atom. The van der Waals surface area contributed by atoms with Gasteiger partial charge >= 0.3 is 0 Å². The molecule has 0 spiro atoms. The molecule has 4 aromatic rings. The Hall–Kier alpha value is -4.28. The number of aliphatic imine (C=N–C) groups is 1. The Bertz CT molecular complexity index is 1400. The van der Waals surface area contributed by atoms with Crippen LogP contribution < -0.4 is 5.32 Å². The number of alkyl halides is 2. The largest absolute Gasteiger partial charge is 0.438 e. The molecule has 0 aliphatic rings. The van der Waals surface area contributed by atoms with E-state index in [4.69, 9.17) is 4.74 Å². The van der Waals surface area contributed by atoms with Crippen LogP contribution in [0.25, 0.3) is 22.2 Å². The lowest BCUT2D eigenvalue weighted by atomic mass is 10.1. The molecule has 0 saturated heterocycles. The fourth-order valence-electron chi connectivity index (χ4n) is 3.35. The second-order valence-electron chi connectivity index (χ2n) is 7.51. The molecular weight excluding hydrogens is 459 g/mol. The minimum Gasteiger partial charge on any atom is -0.438 e. The molecule has 0 fully saturated rings. The average molecular weight is 481 g/mol. The predicted molar refractivity (Wildman–Crippen MR) is 127 cm³/mol. The van der Waals surface area contributed by atoms with Crippen molar-refractivity contribution in [3.8, 4) is 11.3 Å². The van der Waals surface area contributed by atoms with E-state index >= 15 is 0 Å². The molecule has 0 radical (unpaired) electrons. The highest BCUT2D eigenvalue weighted by atomic mass is 19.3. The lowest BCUT2D eigenvalue weighted by Crippen LogP contribution is -2.12. The number of hydrogen-bond donors (Lipinski definition) is 1. The predicted octanol–water partition coefficient (Wildman–Crippen LogP) is 4.68. The molecule has 0 unspecified atom stereocenters. The van der Waals surface area contributed by atoms with E-state index in [1.807, 2.05) is 25.1 Å². The first kappa shape index (κ1) is 23.9. The van der Waals surface area contributed by atoms with Gasteiger partial charge in [-0.25, -0.2) is 27.8 Å². The van der Waals surface area contributed by atoms with Crippen LogP contribution >= 0.6 is 0 Å². The number of allylic oxidation sites excluding steroid dienone is 1. The van der Waals surface area contributed by atoms with Crippen LogP contribution in [0, 0.1) is 5.82 Å². The monoisotopic (exact) mass is 481 g/mol. The molecule has 11 heteroatoms. The molecule has 0 aliphatic carbocycles. The standard InChI is InChI=1S/C24H22F3N7O/c1-4-29-24-30-11-17-10-16(6-8-20(17)31-24)21-13-34(33-32-21)12-15-5-7-18(19(25)9-15)23(28-3)35-14(2)22(26)27/h5-11,13,22H,2,4,12H2,1,3H3,(H,29,30,31). The van der Waals surface area contributed by atoms with Crippen molar-refractivity contribution in [1.82, 2.24) is 25.0 Å². The average Bonchev–Trinajstić information content (AvgIpc) is 3.31. The topological polar surface area (TPSA) is 90.1 Å². The zero-order chi connectivity index (χ0) is 24.9. The quantitative estimate of drug-likeness (QED) is 0.223. The van der Waals surface area contributed by atoms with Crippen LogP contribution in [0.5, 0.6) is 0 Å². The third-order valence-electron chi connectivity index (χ3n) is 5.03. The van der Waals surface area contributed by atoms with Crippen LogP contribution in [-0.4, -0.2) is 50.9 Å². The first-order chi connectivity index (χ1) is 16.9. The maximum absolute atomic E-state index is 14.7. The zero-order valence-electron chi connectivity index (χ0n) is 19.0. The molecule has 0 bridgehead atoms. The van der Waals surface area contributed by atoms with Gasteiger partial charge in [0.15, 0.2) is 5.76 Å². The smallest absolute Gasteiger partial charge is 0.294 e.